The molecule has 2 heteroatoms. The molecule has 0 aromatic heterocycles. The van der Waals surface area contributed by atoms with E-state index in [4.69, 9.17) is 5.73 Å². The Labute approximate surface area is 78.5 Å². The average molecular weight is 174 g/mol. The third-order valence-electron chi connectivity index (χ3n) is 2.28. The van der Waals surface area contributed by atoms with Crippen molar-refractivity contribution in [3.63, 3.8) is 0 Å². The molecule has 1 aromatic rings. The van der Waals surface area contributed by atoms with Crippen LogP contribution in [0.2, 0.25) is 0 Å². The first-order chi connectivity index (χ1) is 6.40. The van der Waals surface area contributed by atoms with Gasteiger partial charge in [0.25, 0.3) is 0 Å². The molecular formula is C11H14N2. The predicted molar refractivity (Wildman–Crippen MR) is 54.9 cm³/mol. The van der Waals surface area contributed by atoms with Crippen molar-refractivity contribution < 1.29 is 0 Å². The van der Waals surface area contributed by atoms with E-state index in [1.807, 2.05) is 0 Å². The molecule has 0 amide bonds. The van der Waals surface area contributed by atoms with Crippen molar-refractivity contribution in [2.24, 2.45) is 5.73 Å². The van der Waals surface area contributed by atoms with E-state index >= 15 is 0 Å². The van der Waals surface area contributed by atoms with E-state index in [0.29, 0.717) is 6.54 Å². The molecule has 0 saturated carbocycles. The molecule has 68 valence electrons. The van der Waals surface area contributed by atoms with E-state index < -0.39 is 0 Å². The van der Waals surface area contributed by atoms with Crippen LogP contribution < -0.4 is 11.1 Å². The van der Waals surface area contributed by atoms with E-state index in [1.165, 1.54) is 16.8 Å². The van der Waals surface area contributed by atoms with Crippen LogP contribution in [0.25, 0.3) is 5.70 Å². The zero-order valence-electron chi connectivity index (χ0n) is 7.59. The van der Waals surface area contributed by atoms with Gasteiger partial charge in [-0.15, -0.1) is 0 Å². The first-order valence-electron chi connectivity index (χ1n) is 4.63. The third kappa shape index (κ3) is 1.73. The number of benzene rings is 1. The molecule has 0 fully saturated rings. The Hall–Kier alpha value is -1.28. The van der Waals surface area contributed by atoms with E-state index in [0.717, 1.165) is 13.0 Å². The van der Waals surface area contributed by atoms with Crippen molar-refractivity contribution in [2.45, 2.75) is 13.0 Å². The maximum Gasteiger partial charge on any atom is 0.0374 e. The fourth-order valence-corrected chi connectivity index (χ4v) is 1.58. The minimum Gasteiger partial charge on any atom is -0.385 e. The second kappa shape index (κ2) is 3.62. The van der Waals surface area contributed by atoms with Gasteiger partial charge in [0.2, 0.25) is 0 Å². The van der Waals surface area contributed by atoms with Gasteiger partial charge in [0.15, 0.2) is 0 Å². The maximum atomic E-state index is 5.58. The van der Waals surface area contributed by atoms with Crippen LogP contribution in [0.3, 0.4) is 0 Å². The first kappa shape index (κ1) is 8.32. The standard InChI is InChI=1S/C11H14N2/c12-8-9-3-1-4-10(7-9)11-5-2-6-13-11/h1,3-5,7,13H,2,6,8,12H2. The number of nitrogens with two attached hydrogens (primary N) is 1. The minimum atomic E-state index is 0.612. The molecule has 0 radical (unpaired) electrons. The largest absolute Gasteiger partial charge is 0.385 e. The van der Waals surface area contributed by atoms with Gasteiger partial charge in [0, 0.05) is 18.8 Å². The van der Waals surface area contributed by atoms with Crippen LogP contribution in [-0.4, -0.2) is 6.54 Å². The molecule has 1 aliphatic heterocycles. The lowest BCUT2D eigenvalue weighted by Gasteiger charge is -2.05. The monoisotopic (exact) mass is 174 g/mol. The lowest BCUT2D eigenvalue weighted by atomic mass is 10.1. The van der Waals surface area contributed by atoms with Gasteiger partial charge in [0.1, 0.15) is 0 Å². The highest BCUT2D eigenvalue weighted by molar-refractivity contribution is 5.65. The smallest absolute Gasteiger partial charge is 0.0374 e. The van der Waals surface area contributed by atoms with Crippen LogP contribution in [0.5, 0.6) is 0 Å². The van der Waals surface area contributed by atoms with Crippen LogP contribution in [0.4, 0.5) is 0 Å². The van der Waals surface area contributed by atoms with Crippen molar-refractivity contribution >= 4 is 5.70 Å². The molecule has 3 N–H and O–H groups in total. The van der Waals surface area contributed by atoms with E-state index in [-0.39, 0.29) is 0 Å². The number of hydrogen-bond donors (Lipinski definition) is 2. The molecule has 0 unspecified atom stereocenters. The normalized spacial score (nSPS) is 15.3. The Kier molecular flexibility index (Phi) is 2.32. The van der Waals surface area contributed by atoms with Gasteiger partial charge in [-0.05, 0) is 23.6 Å². The Balaban J connectivity index is 2.29. The Morgan fingerprint density at radius 2 is 2.31 bits per heavy atom. The molecular weight excluding hydrogens is 160 g/mol. The molecule has 2 rings (SSSR count). The van der Waals surface area contributed by atoms with Gasteiger partial charge in [-0.2, -0.15) is 0 Å². The second-order valence-corrected chi connectivity index (χ2v) is 3.24. The van der Waals surface area contributed by atoms with Crippen molar-refractivity contribution in [2.75, 3.05) is 6.54 Å². The Bertz CT molecular complexity index is 329. The summed E-state index contributed by atoms with van der Waals surface area (Å²) in [5, 5.41) is 3.34. The molecule has 2 nitrogen and oxygen atoms in total. The molecule has 0 bridgehead atoms. The summed E-state index contributed by atoms with van der Waals surface area (Å²) >= 11 is 0. The zero-order valence-corrected chi connectivity index (χ0v) is 7.59. The highest BCUT2D eigenvalue weighted by Crippen LogP contribution is 2.17. The SMILES string of the molecule is NCc1cccc(C2=CCCN2)c1. The predicted octanol–water partition coefficient (Wildman–Crippen LogP) is 1.48. The van der Waals surface area contributed by atoms with Crippen molar-refractivity contribution in [3.8, 4) is 0 Å². The van der Waals surface area contributed by atoms with Crippen LogP contribution in [0, 0.1) is 0 Å². The molecule has 1 aliphatic rings. The quantitative estimate of drug-likeness (QED) is 0.712. The van der Waals surface area contributed by atoms with Gasteiger partial charge in [0.05, 0.1) is 0 Å². The maximum absolute atomic E-state index is 5.58. The topological polar surface area (TPSA) is 38.0 Å². The summed E-state index contributed by atoms with van der Waals surface area (Å²) in [7, 11) is 0. The summed E-state index contributed by atoms with van der Waals surface area (Å²) in [5.41, 5.74) is 9.26. The molecule has 1 heterocycles. The molecule has 0 atom stereocenters. The van der Waals surface area contributed by atoms with E-state index in [9.17, 15) is 0 Å². The van der Waals surface area contributed by atoms with Gasteiger partial charge >= 0.3 is 0 Å². The molecule has 13 heavy (non-hydrogen) atoms. The van der Waals surface area contributed by atoms with Crippen LogP contribution in [0.1, 0.15) is 17.5 Å². The third-order valence-corrected chi connectivity index (χ3v) is 2.28. The summed E-state index contributed by atoms with van der Waals surface area (Å²) in [4.78, 5) is 0. The summed E-state index contributed by atoms with van der Waals surface area (Å²) in [6, 6.07) is 8.37. The van der Waals surface area contributed by atoms with E-state index in [1.54, 1.807) is 0 Å². The van der Waals surface area contributed by atoms with Gasteiger partial charge < -0.3 is 11.1 Å². The number of rotatable bonds is 2. The first-order valence-corrected chi connectivity index (χ1v) is 4.63. The second-order valence-electron chi connectivity index (χ2n) is 3.24. The lowest BCUT2D eigenvalue weighted by molar-refractivity contribution is 0.927. The Morgan fingerprint density at radius 1 is 1.38 bits per heavy atom. The van der Waals surface area contributed by atoms with Crippen LogP contribution in [-0.2, 0) is 6.54 Å². The zero-order chi connectivity index (χ0) is 9.10. The highest BCUT2D eigenvalue weighted by atomic mass is 14.9. The lowest BCUT2D eigenvalue weighted by Crippen LogP contribution is -2.06. The molecule has 1 aromatic carbocycles. The van der Waals surface area contributed by atoms with Gasteiger partial charge in [-0.1, -0.05) is 24.3 Å². The van der Waals surface area contributed by atoms with Crippen molar-refractivity contribution in [1.29, 1.82) is 0 Å². The van der Waals surface area contributed by atoms with Gasteiger partial charge in [-0.3, -0.25) is 0 Å². The fraction of sp³-hybridized carbons (Fsp3) is 0.273. The average Bonchev–Trinajstić information content (AvgIpc) is 2.71. The van der Waals surface area contributed by atoms with Gasteiger partial charge in [-0.25, -0.2) is 0 Å². The molecule has 0 saturated heterocycles. The van der Waals surface area contributed by atoms with E-state index in [2.05, 4.69) is 35.7 Å². The highest BCUT2D eigenvalue weighted by Gasteiger charge is 2.05. The molecule has 0 spiro atoms. The minimum absolute atomic E-state index is 0.612. The summed E-state index contributed by atoms with van der Waals surface area (Å²) < 4.78 is 0. The fourth-order valence-electron chi connectivity index (χ4n) is 1.58. The number of hydrogen-bond acceptors (Lipinski definition) is 2. The van der Waals surface area contributed by atoms with Crippen molar-refractivity contribution in [1.82, 2.24) is 5.32 Å². The Morgan fingerprint density at radius 3 is 3.00 bits per heavy atom. The summed E-state index contributed by atoms with van der Waals surface area (Å²) in [6.45, 7) is 1.67. The number of nitrogens with one attached hydrogen (secondary N) is 1. The molecule has 0 aliphatic carbocycles. The van der Waals surface area contributed by atoms with Crippen LogP contribution >= 0.6 is 0 Å². The summed E-state index contributed by atoms with van der Waals surface area (Å²) in [6.07, 6.45) is 3.36. The van der Waals surface area contributed by atoms with Crippen LogP contribution in [0.15, 0.2) is 30.3 Å². The van der Waals surface area contributed by atoms with Crippen molar-refractivity contribution in [3.05, 3.63) is 41.5 Å². The summed E-state index contributed by atoms with van der Waals surface area (Å²) in [5.74, 6) is 0.